The van der Waals surface area contributed by atoms with E-state index in [9.17, 15) is 0 Å². The van der Waals surface area contributed by atoms with Crippen LogP contribution in [0.5, 0.6) is 5.75 Å². The highest BCUT2D eigenvalue weighted by Gasteiger charge is 2.07. The molecule has 1 aromatic rings. The van der Waals surface area contributed by atoms with E-state index in [0.717, 1.165) is 17.9 Å². The number of allylic oxidation sites excluding steroid dienone is 2. The second-order valence-corrected chi connectivity index (χ2v) is 2.58. The molecule has 0 bridgehead atoms. The van der Waals surface area contributed by atoms with Gasteiger partial charge in [0.05, 0.1) is 0 Å². The minimum atomic E-state index is 0.753. The Morgan fingerprint density at radius 1 is 1.27 bits per heavy atom. The first-order valence-electron chi connectivity index (χ1n) is 3.64. The molecular weight excluding hydrogens is 136 g/mol. The molecule has 11 heavy (non-hydrogen) atoms. The molecule has 0 atom stereocenters. The van der Waals surface area contributed by atoms with Crippen molar-refractivity contribution in [3.05, 3.63) is 48.6 Å². The maximum atomic E-state index is 5.38. The van der Waals surface area contributed by atoms with Crippen molar-refractivity contribution < 1.29 is 4.74 Å². The predicted molar refractivity (Wildman–Crippen MR) is 44.2 cm³/mol. The fraction of sp³-hybridized carbons (Fsp3) is 0.100. The van der Waals surface area contributed by atoms with Gasteiger partial charge in [-0.05, 0) is 24.1 Å². The molecule has 1 radical (unpaired) electrons. The van der Waals surface area contributed by atoms with Crippen molar-refractivity contribution in [2.45, 2.75) is 6.42 Å². The van der Waals surface area contributed by atoms with Gasteiger partial charge < -0.3 is 4.74 Å². The SMILES string of the molecule is [CH2]C1=CCc2ccccc2O1. The summed E-state index contributed by atoms with van der Waals surface area (Å²) >= 11 is 0. The van der Waals surface area contributed by atoms with E-state index in [2.05, 4.69) is 13.0 Å². The third-order valence-electron chi connectivity index (χ3n) is 1.76. The standard InChI is InChI=1S/C10H9O/c1-8-6-7-9-4-2-3-5-10(9)11-8/h2-6H,1,7H2. The van der Waals surface area contributed by atoms with Gasteiger partial charge in [-0.1, -0.05) is 18.2 Å². The van der Waals surface area contributed by atoms with Gasteiger partial charge in [-0.15, -0.1) is 0 Å². The van der Waals surface area contributed by atoms with Gasteiger partial charge in [0, 0.05) is 6.92 Å². The second-order valence-electron chi connectivity index (χ2n) is 2.58. The van der Waals surface area contributed by atoms with Crippen molar-refractivity contribution >= 4 is 0 Å². The molecule has 55 valence electrons. The van der Waals surface area contributed by atoms with Crippen molar-refractivity contribution in [3.63, 3.8) is 0 Å². The molecule has 1 nitrogen and oxygen atoms in total. The lowest BCUT2D eigenvalue weighted by Crippen LogP contribution is -2.01. The largest absolute Gasteiger partial charge is 0.462 e. The number of fused-ring (bicyclic) bond motifs is 1. The molecule has 0 aliphatic carbocycles. The van der Waals surface area contributed by atoms with E-state index in [4.69, 9.17) is 4.74 Å². The Balaban J connectivity index is 2.42. The lowest BCUT2D eigenvalue weighted by Gasteiger charge is -2.14. The quantitative estimate of drug-likeness (QED) is 0.544. The zero-order valence-electron chi connectivity index (χ0n) is 6.21. The van der Waals surface area contributed by atoms with Crippen molar-refractivity contribution in [3.8, 4) is 5.75 Å². The molecule has 0 amide bonds. The Kier molecular flexibility index (Phi) is 1.42. The van der Waals surface area contributed by atoms with Crippen LogP contribution < -0.4 is 4.74 Å². The average molecular weight is 145 g/mol. The van der Waals surface area contributed by atoms with Gasteiger partial charge in [-0.25, -0.2) is 0 Å². The number of ether oxygens (including phenoxy) is 1. The summed E-state index contributed by atoms with van der Waals surface area (Å²) in [5.74, 6) is 1.70. The lowest BCUT2D eigenvalue weighted by molar-refractivity contribution is 0.427. The molecule has 0 saturated heterocycles. The Bertz CT molecular complexity index is 299. The Morgan fingerprint density at radius 2 is 2.09 bits per heavy atom. The smallest absolute Gasteiger partial charge is 0.130 e. The van der Waals surface area contributed by atoms with E-state index in [-0.39, 0.29) is 0 Å². The van der Waals surface area contributed by atoms with Gasteiger partial charge >= 0.3 is 0 Å². The van der Waals surface area contributed by atoms with E-state index < -0.39 is 0 Å². The highest BCUT2D eigenvalue weighted by atomic mass is 16.5. The van der Waals surface area contributed by atoms with Gasteiger partial charge in [0.25, 0.3) is 0 Å². The van der Waals surface area contributed by atoms with Crippen molar-refractivity contribution in [2.24, 2.45) is 0 Å². The monoisotopic (exact) mass is 145 g/mol. The van der Waals surface area contributed by atoms with Crippen LogP contribution in [0.4, 0.5) is 0 Å². The minimum Gasteiger partial charge on any atom is -0.462 e. The van der Waals surface area contributed by atoms with E-state index in [1.54, 1.807) is 0 Å². The molecule has 0 unspecified atom stereocenters. The third-order valence-corrected chi connectivity index (χ3v) is 1.76. The maximum Gasteiger partial charge on any atom is 0.130 e. The molecule has 1 aliphatic heterocycles. The van der Waals surface area contributed by atoms with Crippen LogP contribution in [-0.2, 0) is 6.42 Å². The van der Waals surface area contributed by atoms with Gasteiger partial charge in [0.1, 0.15) is 11.5 Å². The van der Waals surface area contributed by atoms with Crippen molar-refractivity contribution in [2.75, 3.05) is 0 Å². The Labute approximate surface area is 66.3 Å². The molecule has 0 saturated carbocycles. The summed E-state index contributed by atoms with van der Waals surface area (Å²) in [6.45, 7) is 3.74. The molecule has 2 rings (SSSR count). The molecule has 0 N–H and O–H groups in total. The topological polar surface area (TPSA) is 9.23 Å². The van der Waals surface area contributed by atoms with E-state index >= 15 is 0 Å². The van der Waals surface area contributed by atoms with Crippen LogP contribution >= 0.6 is 0 Å². The van der Waals surface area contributed by atoms with E-state index in [1.807, 2.05) is 24.3 Å². The molecule has 1 heterocycles. The fourth-order valence-electron chi connectivity index (χ4n) is 1.18. The fourth-order valence-corrected chi connectivity index (χ4v) is 1.18. The Hall–Kier alpha value is -1.24. The number of rotatable bonds is 0. The third kappa shape index (κ3) is 1.14. The first-order valence-corrected chi connectivity index (χ1v) is 3.64. The van der Waals surface area contributed by atoms with Crippen LogP contribution in [0.1, 0.15) is 5.56 Å². The summed E-state index contributed by atoms with van der Waals surface area (Å²) in [5, 5.41) is 0. The van der Waals surface area contributed by atoms with Crippen LogP contribution in [0.25, 0.3) is 0 Å². The number of hydrogen-bond donors (Lipinski definition) is 0. The molecule has 1 aromatic carbocycles. The van der Waals surface area contributed by atoms with E-state index in [1.165, 1.54) is 5.56 Å². The molecule has 0 aromatic heterocycles. The first kappa shape index (κ1) is 6.47. The Morgan fingerprint density at radius 3 is 3.00 bits per heavy atom. The van der Waals surface area contributed by atoms with Gasteiger partial charge in [-0.3, -0.25) is 0 Å². The highest BCUT2D eigenvalue weighted by molar-refractivity contribution is 5.39. The maximum absolute atomic E-state index is 5.38. The average Bonchev–Trinajstić information content (AvgIpc) is 2.04. The summed E-state index contributed by atoms with van der Waals surface area (Å²) in [6.07, 6.45) is 2.93. The summed E-state index contributed by atoms with van der Waals surface area (Å²) < 4.78 is 5.38. The van der Waals surface area contributed by atoms with Crippen LogP contribution in [0.3, 0.4) is 0 Å². The van der Waals surface area contributed by atoms with Crippen LogP contribution in [0, 0.1) is 6.92 Å². The normalized spacial score (nSPS) is 14.8. The predicted octanol–water partition coefficient (Wildman–Crippen LogP) is 2.34. The highest BCUT2D eigenvalue weighted by Crippen LogP contribution is 2.24. The molecule has 0 fully saturated rings. The molecule has 1 heteroatoms. The summed E-state index contributed by atoms with van der Waals surface area (Å²) in [5.41, 5.74) is 1.24. The van der Waals surface area contributed by atoms with Crippen LogP contribution in [0.15, 0.2) is 36.1 Å². The zero-order valence-corrected chi connectivity index (χ0v) is 6.21. The summed E-state index contributed by atoms with van der Waals surface area (Å²) in [4.78, 5) is 0. The minimum absolute atomic E-state index is 0.753. The first-order chi connectivity index (χ1) is 5.36. The molecular formula is C10H9O. The molecule has 1 aliphatic rings. The number of para-hydroxylation sites is 1. The van der Waals surface area contributed by atoms with E-state index in [0.29, 0.717) is 0 Å². The van der Waals surface area contributed by atoms with Gasteiger partial charge in [0.2, 0.25) is 0 Å². The molecule has 0 spiro atoms. The van der Waals surface area contributed by atoms with Gasteiger partial charge in [-0.2, -0.15) is 0 Å². The van der Waals surface area contributed by atoms with Crippen molar-refractivity contribution in [1.29, 1.82) is 0 Å². The summed E-state index contributed by atoms with van der Waals surface area (Å²) in [7, 11) is 0. The summed E-state index contributed by atoms with van der Waals surface area (Å²) in [6, 6.07) is 8.02. The van der Waals surface area contributed by atoms with Gasteiger partial charge in [0.15, 0.2) is 0 Å². The number of benzene rings is 1. The zero-order chi connectivity index (χ0) is 7.68. The lowest BCUT2D eigenvalue weighted by atomic mass is 10.1. The van der Waals surface area contributed by atoms with Crippen molar-refractivity contribution in [1.82, 2.24) is 0 Å². The second kappa shape index (κ2) is 2.42. The van der Waals surface area contributed by atoms with Crippen LogP contribution in [-0.4, -0.2) is 0 Å². The van der Waals surface area contributed by atoms with Crippen LogP contribution in [0.2, 0.25) is 0 Å². The number of hydrogen-bond acceptors (Lipinski definition) is 1.